The summed E-state index contributed by atoms with van der Waals surface area (Å²) in [5.74, 6) is 1.18. The number of hydrogen-bond donors (Lipinski definition) is 0. The first-order chi connectivity index (χ1) is 18.3. The maximum atomic E-state index is 13.8. The lowest BCUT2D eigenvalue weighted by molar-refractivity contribution is 0.0609. The number of ether oxygens (including phenoxy) is 2. The predicted octanol–water partition coefficient (Wildman–Crippen LogP) is 5.99. The van der Waals surface area contributed by atoms with Crippen LogP contribution in [-0.4, -0.2) is 86.7 Å². The molecule has 0 spiro atoms. The largest absolute Gasteiger partial charge is 0.497 e. The number of carbonyl (C=O) groups is 1. The van der Waals surface area contributed by atoms with Gasteiger partial charge in [0, 0.05) is 56.8 Å². The topological polar surface area (TPSA) is 45.2 Å². The molecule has 2 aliphatic rings. The van der Waals surface area contributed by atoms with Crippen molar-refractivity contribution in [3.8, 4) is 11.5 Å². The quantitative estimate of drug-likeness (QED) is 0.376. The van der Waals surface area contributed by atoms with Gasteiger partial charge in [0.2, 0.25) is 0 Å². The van der Waals surface area contributed by atoms with Gasteiger partial charge in [0.1, 0.15) is 11.5 Å². The molecule has 208 valence electrons. The smallest absolute Gasteiger partial charge is 0.257 e. The molecule has 1 unspecified atom stereocenters. The van der Waals surface area contributed by atoms with Gasteiger partial charge in [-0.05, 0) is 75.9 Å². The van der Waals surface area contributed by atoms with Crippen LogP contribution in [0.5, 0.6) is 11.5 Å². The second-order valence-corrected chi connectivity index (χ2v) is 11.7. The third-order valence-corrected chi connectivity index (χ3v) is 9.04. The van der Waals surface area contributed by atoms with Crippen molar-refractivity contribution in [3.63, 3.8) is 0 Å². The van der Waals surface area contributed by atoms with Crippen molar-refractivity contribution in [2.75, 3.05) is 60.0 Å². The highest BCUT2D eigenvalue weighted by Gasteiger charge is 2.39. The summed E-state index contributed by atoms with van der Waals surface area (Å²) in [6.45, 7) is 11.4. The lowest BCUT2D eigenvalue weighted by Crippen LogP contribution is -2.50. The second kappa shape index (κ2) is 12.9. The van der Waals surface area contributed by atoms with E-state index in [2.05, 4.69) is 29.7 Å². The Labute approximate surface area is 237 Å². The van der Waals surface area contributed by atoms with Gasteiger partial charge in [-0.2, -0.15) is 0 Å². The van der Waals surface area contributed by atoms with Crippen LogP contribution in [0.1, 0.15) is 55.5 Å². The van der Waals surface area contributed by atoms with Crippen molar-refractivity contribution >= 4 is 29.1 Å². The minimum atomic E-state index is -0.179. The zero-order valence-electron chi connectivity index (χ0n) is 23.1. The summed E-state index contributed by atoms with van der Waals surface area (Å²) in [6, 6.07) is 12.0. The van der Waals surface area contributed by atoms with Crippen molar-refractivity contribution in [3.05, 3.63) is 57.6 Å². The van der Waals surface area contributed by atoms with E-state index in [1.807, 2.05) is 23.1 Å². The fraction of sp³-hybridized carbons (Fsp3) is 0.567. The van der Waals surface area contributed by atoms with Gasteiger partial charge in [0.15, 0.2) is 0 Å². The third kappa shape index (κ3) is 6.59. The van der Waals surface area contributed by atoms with Crippen molar-refractivity contribution < 1.29 is 14.3 Å². The normalized spacial score (nSPS) is 21.1. The lowest BCUT2D eigenvalue weighted by Gasteiger charge is -2.44. The van der Waals surface area contributed by atoms with Crippen LogP contribution in [0.15, 0.2) is 36.4 Å². The Bertz CT molecular complexity index is 1100. The van der Waals surface area contributed by atoms with Crippen LogP contribution in [0, 0.1) is 0 Å². The highest BCUT2D eigenvalue weighted by molar-refractivity contribution is 6.42. The van der Waals surface area contributed by atoms with Gasteiger partial charge < -0.3 is 19.3 Å². The Balaban J connectivity index is 1.53. The minimum absolute atomic E-state index is 0.0153. The summed E-state index contributed by atoms with van der Waals surface area (Å²) in [7, 11) is 3.19. The Hall–Kier alpha value is -1.99. The fourth-order valence-corrected chi connectivity index (χ4v) is 6.30. The number of methoxy groups -OCH3 is 2. The van der Waals surface area contributed by atoms with Gasteiger partial charge in [-0.1, -0.05) is 29.3 Å². The molecule has 2 aliphatic heterocycles. The number of piperidine rings is 1. The molecule has 1 atom stereocenters. The molecule has 0 radical (unpaired) electrons. The van der Waals surface area contributed by atoms with E-state index >= 15 is 0 Å². The summed E-state index contributed by atoms with van der Waals surface area (Å²) in [6.07, 6.45) is 3.99. The van der Waals surface area contributed by atoms with Crippen LogP contribution in [0.4, 0.5) is 0 Å². The van der Waals surface area contributed by atoms with Crippen LogP contribution in [0.25, 0.3) is 0 Å². The molecule has 1 amide bonds. The van der Waals surface area contributed by atoms with E-state index < -0.39 is 0 Å². The maximum absolute atomic E-state index is 13.8. The molecule has 38 heavy (non-hydrogen) atoms. The van der Waals surface area contributed by atoms with Crippen molar-refractivity contribution in [1.29, 1.82) is 0 Å². The highest BCUT2D eigenvalue weighted by atomic mass is 35.5. The molecular formula is C30H41Cl2N3O3. The van der Waals surface area contributed by atoms with E-state index in [4.69, 9.17) is 32.7 Å². The molecule has 2 aromatic rings. The minimum Gasteiger partial charge on any atom is -0.497 e. The van der Waals surface area contributed by atoms with E-state index in [1.54, 1.807) is 26.4 Å². The molecule has 0 saturated carbocycles. The monoisotopic (exact) mass is 561 g/mol. The molecular weight excluding hydrogens is 521 g/mol. The molecule has 8 heteroatoms. The molecule has 2 aromatic carbocycles. The number of rotatable bonds is 9. The van der Waals surface area contributed by atoms with Crippen LogP contribution in [0.3, 0.4) is 0 Å². The molecule has 2 fully saturated rings. The third-order valence-electron chi connectivity index (χ3n) is 8.30. The van der Waals surface area contributed by atoms with Crippen molar-refractivity contribution in [2.24, 2.45) is 0 Å². The van der Waals surface area contributed by atoms with E-state index in [1.165, 1.54) is 0 Å². The first kappa shape index (κ1) is 29.0. The average molecular weight is 563 g/mol. The molecule has 2 saturated heterocycles. The van der Waals surface area contributed by atoms with Gasteiger partial charge in [0.05, 0.1) is 29.8 Å². The Morgan fingerprint density at radius 2 is 1.74 bits per heavy atom. The number of amides is 1. The van der Waals surface area contributed by atoms with Gasteiger partial charge in [-0.3, -0.25) is 9.69 Å². The SMILES string of the molecule is COc1ccc(C(=O)N2CCCC(CCCN3CCN(C(C)C)CC3)(c3ccc(Cl)c(Cl)c3)C2)c(OC)c1. The zero-order valence-corrected chi connectivity index (χ0v) is 24.7. The Kier molecular flexibility index (Phi) is 9.85. The molecule has 0 aliphatic carbocycles. The molecule has 0 bridgehead atoms. The predicted molar refractivity (Wildman–Crippen MR) is 155 cm³/mol. The summed E-state index contributed by atoms with van der Waals surface area (Å²) in [5, 5.41) is 1.12. The number of carbonyl (C=O) groups excluding carboxylic acids is 1. The number of benzene rings is 2. The molecule has 6 nitrogen and oxygen atoms in total. The van der Waals surface area contributed by atoms with E-state index in [9.17, 15) is 4.79 Å². The second-order valence-electron chi connectivity index (χ2n) is 10.9. The maximum Gasteiger partial charge on any atom is 0.257 e. The Morgan fingerprint density at radius 1 is 0.974 bits per heavy atom. The van der Waals surface area contributed by atoms with Gasteiger partial charge in [-0.25, -0.2) is 0 Å². The number of hydrogen-bond acceptors (Lipinski definition) is 5. The van der Waals surface area contributed by atoms with E-state index in [0.29, 0.717) is 46.2 Å². The van der Waals surface area contributed by atoms with Crippen LogP contribution in [0.2, 0.25) is 10.0 Å². The van der Waals surface area contributed by atoms with Crippen LogP contribution >= 0.6 is 23.2 Å². The zero-order chi connectivity index (χ0) is 27.3. The number of piperazine rings is 1. The highest BCUT2D eigenvalue weighted by Crippen LogP contribution is 2.41. The summed E-state index contributed by atoms with van der Waals surface area (Å²) < 4.78 is 10.9. The van der Waals surface area contributed by atoms with Gasteiger partial charge in [-0.15, -0.1) is 0 Å². The summed E-state index contributed by atoms with van der Waals surface area (Å²) in [4.78, 5) is 20.9. The molecule has 0 N–H and O–H groups in total. The Morgan fingerprint density at radius 3 is 2.39 bits per heavy atom. The molecule has 4 rings (SSSR count). The number of halogens is 2. The van der Waals surface area contributed by atoms with Crippen LogP contribution in [-0.2, 0) is 5.41 Å². The first-order valence-corrected chi connectivity index (χ1v) is 14.4. The van der Waals surface area contributed by atoms with E-state index in [-0.39, 0.29) is 11.3 Å². The van der Waals surface area contributed by atoms with E-state index in [0.717, 1.165) is 64.0 Å². The van der Waals surface area contributed by atoms with Crippen LogP contribution < -0.4 is 9.47 Å². The molecule has 0 aromatic heterocycles. The number of nitrogens with zero attached hydrogens (tertiary/aromatic N) is 3. The van der Waals surface area contributed by atoms with Gasteiger partial charge >= 0.3 is 0 Å². The van der Waals surface area contributed by atoms with Crippen molar-refractivity contribution in [1.82, 2.24) is 14.7 Å². The molecule has 2 heterocycles. The summed E-state index contributed by atoms with van der Waals surface area (Å²) in [5.41, 5.74) is 1.54. The number of likely N-dealkylation sites (tertiary alicyclic amines) is 1. The summed E-state index contributed by atoms with van der Waals surface area (Å²) >= 11 is 12.8. The fourth-order valence-electron chi connectivity index (χ4n) is 6.01. The standard InChI is InChI=1S/C30H41Cl2N3O3/c1-22(2)34-17-15-33(16-18-34)13-5-11-30(23-7-10-26(31)27(32)19-23)12-6-14-35(21-30)29(36)25-9-8-24(37-3)20-28(25)38-4/h7-10,19-20,22H,5-6,11-18,21H2,1-4H3. The van der Waals surface area contributed by atoms with Gasteiger partial charge in [0.25, 0.3) is 5.91 Å². The average Bonchev–Trinajstić information content (AvgIpc) is 2.94. The van der Waals surface area contributed by atoms with Crippen molar-refractivity contribution in [2.45, 2.75) is 51.0 Å². The first-order valence-electron chi connectivity index (χ1n) is 13.7. The lowest BCUT2D eigenvalue weighted by atomic mass is 9.71.